The molecule has 0 radical (unpaired) electrons. The van der Waals surface area contributed by atoms with E-state index in [4.69, 9.17) is 0 Å². The van der Waals surface area contributed by atoms with E-state index in [0.29, 0.717) is 6.42 Å². The van der Waals surface area contributed by atoms with Gasteiger partial charge in [0, 0.05) is 0 Å². The molecule has 0 N–H and O–H groups in total. The van der Waals surface area contributed by atoms with Gasteiger partial charge in [0.25, 0.3) is 0 Å². The Balaban J connectivity index is 1.80. The highest BCUT2D eigenvalue weighted by molar-refractivity contribution is 5.84. The molecule has 0 aliphatic rings. The molecule has 0 saturated carbocycles. The number of hydrogen-bond acceptors (Lipinski definition) is 1. The van der Waals surface area contributed by atoms with Crippen LogP contribution in [0.15, 0.2) is 78.9 Å². The second-order valence-electron chi connectivity index (χ2n) is 6.11. The topological polar surface area (TPSA) is 17.1 Å². The SMILES string of the molecule is C[C@](C=O)(C/C=C/c1ccc2ccccc2c1)c1ccccc1. The van der Waals surface area contributed by atoms with E-state index < -0.39 is 5.41 Å². The highest BCUT2D eigenvalue weighted by Gasteiger charge is 2.24. The molecule has 0 bridgehead atoms. The van der Waals surface area contributed by atoms with Gasteiger partial charge in [-0.1, -0.05) is 78.9 Å². The molecule has 1 nitrogen and oxygen atoms in total. The van der Waals surface area contributed by atoms with Crippen LogP contribution in [0.5, 0.6) is 0 Å². The van der Waals surface area contributed by atoms with Crippen LogP contribution in [0.3, 0.4) is 0 Å². The Morgan fingerprint density at radius 1 is 0.870 bits per heavy atom. The molecule has 0 aliphatic heterocycles. The normalized spacial score (nSPS) is 14.0. The molecule has 114 valence electrons. The molecule has 1 atom stereocenters. The Morgan fingerprint density at radius 3 is 2.30 bits per heavy atom. The maximum Gasteiger partial charge on any atom is 0.130 e. The van der Waals surface area contributed by atoms with Gasteiger partial charge in [0.2, 0.25) is 0 Å². The van der Waals surface area contributed by atoms with E-state index in [1.54, 1.807) is 0 Å². The first-order valence-electron chi connectivity index (χ1n) is 7.88. The Bertz CT molecular complexity index is 833. The summed E-state index contributed by atoms with van der Waals surface area (Å²) < 4.78 is 0. The zero-order chi connectivity index (χ0) is 16.1. The van der Waals surface area contributed by atoms with Crippen LogP contribution in [0, 0.1) is 0 Å². The third kappa shape index (κ3) is 3.40. The third-order valence-corrected chi connectivity index (χ3v) is 4.32. The number of carbonyl (C=O) groups excluding carboxylic acids is 1. The smallest absolute Gasteiger partial charge is 0.130 e. The van der Waals surface area contributed by atoms with Crippen molar-refractivity contribution in [2.75, 3.05) is 0 Å². The number of aldehydes is 1. The van der Waals surface area contributed by atoms with Crippen LogP contribution in [0.1, 0.15) is 24.5 Å². The van der Waals surface area contributed by atoms with Crippen molar-refractivity contribution in [2.45, 2.75) is 18.8 Å². The third-order valence-electron chi connectivity index (χ3n) is 4.32. The van der Waals surface area contributed by atoms with Crippen LogP contribution < -0.4 is 0 Å². The Labute approximate surface area is 137 Å². The lowest BCUT2D eigenvalue weighted by Crippen LogP contribution is -2.22. The zero-order valence-electron chi connectivity index (χ0n) is 13.3. The second-order valence-corrected chi connectivity index (χ2v) is 6.11. The molecule has 0 heterocycles. The predicted molar refractivity (Wildman–Crippen MR) is 97.5 cm³/mol. The summed E-state index contributed by atoms with van der Waals surface area (Å²) in [6.07, 6.45) is 5.92. The Hall–Kier alpha value is -2.67. The van der Waals surface area contributed by atoms with Gasteiger partial charge < -0.3 is 4.79 Å². The van der Waals surface area contributed by atoms with Gasteiger partial charge in [0.05, 0.1) is 5.41 Å². The fourth-order valence-electron chi connectivity index (χ4n) is 2.80. The molecule has 3 rings (SSSR count). The van der Waals surface area contributed by atoms with Gasteiger partial charge in [-0.05, 0) is 41.3 Å². The number of allylic oxidation sites excluding steroid dienone is 1. The van der Waals surface area contributed by atoms with Crippen LogP contribution in [-0.4, -0.2) is 6.29 Å². The monoisotopic (exact) mass is 300 g/mol. The lowest BCUT2D eigenvalue weighted by molar-refractivity contribution is -0.112. The molecule has 1 heteroatoms. The lowest BCUT2D eigenvalue weighted by atomic mass is 9.81. The first kappa shape index (κ1) is 15.2. The van der Waals surface area contributed by atoms with Crippen molar-refractivity contribution in [1.82, 2.24) is 0 Å². The summed E-state index contributed by atoms with van der Waals surface area (Å²) in [5.41, 5.74) is 1.73. The summed E-state index contributed by atoms with van der Waals surface area (Å²) in [6, 6.07) is 24.7. The number of carbonyl (C=O) groups is 1. The summed E-state index contributed by atoms with van der Waals surface area (Å²) in [4.78, 5) is 11.6. The molecule has 0 saturated heterocycles. The van der Waals surface area contributed by atoms with Gasteiger partial charge in [-0.15, -0.1) is 0 Å². The zero-order valence-corrected chi connectivity index (χ0v) is 13.3. The summed E-state index contributed by atoms with van der Waals surface area (Å²) in [5.74, 6) is 0. The molecule has 0 fully saturated rings. The molecule has 0 spiro atoms. The number of rotatable bonds is 5. The highest BCUT2D eigenvalue weighted by atomic mass is 16.1. The number of benzene rings is 3. The van der Waals surface area contributed by atoms with Crippen molar-refractivity contribution < 1.29 is 4.79 Å². The minimum atomic E-state index is -0.478. The van der Waals surface area contributed by atoms with Gasteiger partial charge in [-0.25, -0.2) is 0 Å². The van der Waals surface area contributed by atoms with Crippen molar-refractivity contribution in [3.63, 3.8) is 0 Å². The van der Waals surface area contributed by atoms with E-state index in [1.807, 2.05) is 43.3 Å². The Morgan fingerprint density at radius 2 is 1.57 bits per heavy atom. The molecule has 0 unspecified atom stereocenters. The minimum Gasteiger partial charge on any atom is -0.302 e. The van der Waals surface area contributed by atoms with Crippen molar-refractivity contribution in [2.24, 2.45) is 0 Å². The van der Waals surface area contributed by atoms with Gasteiger partial charge in [-0.2, -0.15) is 0 Å². The predicted octanol–water partition coefficient (Wildman–Crippen LogP) is 5.40. The molecular formula is C22H20O. The van der Waals surface area contributed by atoms with Crippen LogP contribution in [0.25, 0.3) is 16.8 Å². The van der Waals surface area contributed by atoms with Crippen molar-refractivity contribution in [1.29, 1.82) is 0 Å². The fourth-order valence-corrected chi connectivity index (χ4v) is 2.80. The molecular weight excluding hydrogens is 280 g/mol. The average Bonchev–Trinajstić information content (AvgIpc) is 2.62. The van der Waals surface area contributed by atoms with Crippen LogP contribution in [0.4, 0.5) is 0 Å². The summed E-state index contributed by atoms with van der Waals surface area (Å²) in [7, 11) is 0. The maximum atomic E-state index is 11.6. The van der Waals surface area contributed by atoms with E-state index in [2.05, 4.69) is 48.6 Å². The maximum absolute atomic E-state index is 11.6. The second kappa shape index (κ2) is 6.62. The van der Waals surface area contributed by atoms with Crippen LogP contribution in [-0.2, 0) is 10.2 Å². The molecule has 3 aromatic carbocycles. The Kier molecular flexibility index (Phi) is 4.38. The summed E-state index contributed by atoms with van der Waals surface area (Å²) >= 11 is 0. The number of fused-ring (bicyclic) bond motifs is 1. The van der Waals surface area contributed by atoms with E-state index in [1.165, 1.54) is 10.8 Å². The first-order valence-corrected chi connectivity index (χ1v) is 7.88. The number of hydrogen-bond donors (Lipinski definition) is 0. The van der Waals surface area contributed by atoms with E-state index in [9.17, 15) is 4.79 Å². The van der Waals surface area contributed by atoms with Gasteiger partial charge in [0.1, 0.15) is 6.29 Å². The van der Waals surface area contributed by atoms with E-state index in [-0.39, 0.29) is 0 Å². The van der Waals surface area contributed by atoms with Crippen molar-refractivity contribution >= 4 is 23.1 Å². The van der Waals surface area contributed by atoms with E-state index >= 15 is 0 Å². The first-order chi connectivity index (χ1) is 11.2. The van der Waals surface area contributed by atoms with Crippen molar-refractivity contribution in [3.05, 3.63) is 90.0 Å². The molecule has 3 aromatic rings. The molecule has 0 amide bonds. The minimum absolute atomic E-state index is 0.478. The van der Waals surface area contributed by atoms with Crippen LogP contribution in [0.2, 0.25) is 0 Å². The summed E-state index contributed by atoms with van der Waals surface area (Å²) in [5, 5.41) is 2.47. The average molecular weight is 300 g/mol. The van der Waals surface area contributed by atoms with Gasteiger partial charge >= 0.3 is 0 Å². The van der Waals surface area contributed by atoms with Gasteiger partial charge in [0.15, 0.2) is 0 Å². The largest absolute Gasteiger partial charge is 0.302 e. The van der Waals surface area contributed by atoms with Crippen molar-refractivity contribution in [3.8, 4) is 0 Å². The molecule has 0 aromatic heterocycles. The van der Waals surface area contributed by atoms with Crippen LogP contribution >= 0.6 is 0 Å². The summed E-state index contributed by atoms with van der Waals surface area (Å²) in [6.45, 7) is 1.99. The van der Waals surface area contributed by atoms with Gasteiger partial charge in [-0.3, -0.25) is 0 Å². The molecule has 0 aliphatic carbocycles. The standard InChI is InChI=1S/C22H20O/c1-22(17-23,21-11-3-2-4-12-21)15-7-8-18-13-14-19-9-5-6-10-20(19)16-18/h2-14,16-17H,15H2,1H3/b8-7+/t22-/m1/s1. The fraction of sp³-hybridized carbons (Fsp3) is 0.136. The van der Waals surface area contributed by atoms with E-state index in [0.717, 1.165) is 17.4 Å². The molecule has 23 heavy (non-hydrogen) atoms. The quantitative estimate of drug-likeness (QED) is 0.577. The lowest BCUT2D eigenvalue weighted by Gasteiger charge is -2.21. The highest BCUT2D eigenvalue weighted by Crippen LogP contribution is 2.26.